The highest BCUT2D eigenvalue weighted by molar-refractivity contribution is 5.99. The van der Waals surface area contributed by atoms with Gasteiger partial charge in [-0.15, -0.1) is 0 Å². The van der Waals surface area contributed by atoms with Gasteiger partial charge < -0.3 is 8.85 Å². The molecule has 0 saturated carbocycles. The standard InChI is InChI=1S/CH8O2Si2/c4-2-1-3-5/h1H2,4-5H3. The summed E-state index contributed by atoms with van der Waals surface area (Å²) in [5.74, 6) is 0. The van der Waals surface area contributed by atoms with Crippen LogP contribution in [0.15, 0.2) is 0 Å². The Hall–Kier alpha value is 0.354. The smallest absolute Gasteiger partial charge is 0.149 e. The fraction of sp³-hybridized carbons (Fsp3) is 1.00. The van der Waals surface area contributed by atoms with Crippen LogP contribution in [0.4, 0.5) is 0 Å². The molecule has 0 atom stereocenters. The lowest BCUT2D eigenvalue weighted by Crippen LogP contribution is -1.90. The minimum absolute atomic E-state index is 0.512. The molecule has 0 rings (SSSR count). The Morgan fingerprint density at radius 2 is 1.60 bits per heavy atom. The molecule has 0 fully saturated rings. The molecule has 0 saturated heterocycles. The molecule has 0 aromatic carbocycles. The van der Waals surface area contributed by atoms with Crippen LogP contribution in [0, 0.1) is 0 Å². The van der Waals surface area contributed by atoms with Crippen molar-refractivity contribution in [1.29, 1.82) is 0 Å². The topological polar surface area (TPSA) is 18.5 Å². The molecule has 0 amide bonds. The van der Waals surface area contributed by atoms with E-state index in [2.05, 4.69) is 8.85 Å². The Kier molecular flexibility index (Phi) is 4.66. The molecule has 4 heteroatoms. The van der Waals surface area contributed by atoms with Gasteiger partial charge in [0, 0.05) is 0 Å². The molecule has 0 aliphatic heterocycles. The first-order chi connectivity index (χ1) is 2.41. The van der Waals surface area contributed by atoms with Gasteiger partial charge in [0.05, 0.1) is 0 Å². The monoisotopic (exact) mass is 108 g/mol. The van der Waals surface area contributed by atoms with Crippen LogP contribution in [0.25, 0.3) is 0 Å². The van der Waals surface area contributed by atoms with Gasteiger partial charge in [0.1, 0.15) is 27.8 Å². The van der Waals surface area contributed by atoms with Gasteiger partial charge in [-0.2, -0.15) is 0 Å². The molecule has 0 aliphatic rings. The first-order valence-electron chi connectivity index (χ1n) is 1.39. The van der Waals surface area contributed by atoms with Gasteiger partial charge in [-0.05, 0) is 0 Å². The summed E-state index contributed by atoms with van der Waals surface area (Å²) in [6.45, 7) is 0.512. The molecule has 0 unspecified atom stereocenters. The zero-order valence-corrected chi connectivity index (χ0v) is 7.52. The van der Waals surface area contributed by atoms with E-state index in [4.69, 9.17) is 0 Å². The Bertz CT molecular complexity index is 15.1. The molecular weight excluding hydrogens is 100 g/mol. The quantitative estimate of drug-likeness (QED) is 0.288. The van der Waals surface area contributed by atoms with Gasteiger partial charge in [-0.1, -0.05) is 0 Å². The average molecular weight is 108 g/mol. The first kappa shape index (κ1) is 5.35. The highest BCUT2D eigenvalue weighted by atomic mass is 28.2. The second-order valence-corrected chi connectivity index (χ2v) is 1.85. The maximum atomic E-state index is 4.64. The summed E-state index contributed by atoms with van der Waals surface area (Å²) in [5.41, 5.74) is 0. The zero-order valence-electron chi connectivity index (χ0n) is 3.52. The van der Waals surface area contributed by atoms with Gasteiger partial charge >= 0.3 is 0 Å². The van der Waals surface area contributed by atoms with Crippen molar-refractivity contribution in [3.8, 4) is 0 Å². The van der Waals surface area contributed by atoms with Crippen molar-refractivity contribution >= 4 is 21.0 Å². The van der Waals surface area contributed by atoms with E-state index < -0.39 is 0 Å². The Morgan fingerprint density at radius 1 is 1.20 bits per heavy atom. The van der Waals surface area contributed by atoms with E-state index in [1.165, 1.54) is 0 Å². The largest absolute Gasteiger partial charge is 0.407 e. The Labute approximate surface area is 37.6 Å². The van der Waals surface area contributed by atoms with Gasteiger partial charge in [0.25, 0.3) is 0 Å². The van der Waals surface area contributed by atoms with Gasteiger partial charge in [-0.25, -0.2) is 0 Å². The van der Waals surface area contributed by atoms with E-state index in [1.54, 1.807) is 0 Å². The number of rotatable bonds is 2. The average Bonchev–Trinajstić information content (AvgIpc) is 1.41. The summed E-state index contributed by atoms with van der Waals surface area (Å²) >= 11 is 0. The molecule has 0 spiro atoms. The van der Waals surface area contributed by atoms with Crippen molar-refractivity contribution in [2.24, 2.45) is 0 Å². The predicted octanol–water partition coefficient (Wildman–Crippen LogP) is -2.46. The molecule has 5 heavy (non-hydrogen) atoms. The van der Waals surface area contributed by atoms with Crippen LogP contribution in [0.5, 0.6) is 0 Å². The summed E-state index contributed by atoms with van der Waals surface area (Å²) in [5, 5.41) is 0. The van der Waals surface area contributed by atoms with Crippen LogP contribution in [0.2, 0.25) is 0 Å². The molecule has 0 aliphatic carbocycles. The molecule has 2 nitrogen and oxygen atoms in total. The minimum atomic E-state index is 0.512. The van der Waals surface area contributed by atoms with Crippen LogP contribution in [-0.4, -0.2) is 27.8 Å². The molecule has 0 heterocycles. The van der Waals surface area contributed by atoms with E-state index in [0.717, 1.165) is 21.0 Å². The molecule has 0 aromatic heterocycles. The van der Waals surface area contributed by atoms with Gasteiger partial charge in [0.15, 0.2) is 0 Å². The predicted molar refractivity (Wildman–Crippen MR) is 26.9 cm³/mol. The minimum Gasteiger partial charge on any atom is -0.407 e. The summed E-state index contributed by atoms with van der Waals surface area (Å²) in [7, 11) is 1.59. The van der Waals surface area contributed by atoms with Gasteiger partial charge in [0.2, 0.25) is 0 Å². The fourth-order valence-corrected chi connectivity index (χ4v) is 1.06. The summed E-state index contributed by atoms with van der Waals surface area (Å²) in [4.78, 5) is 0. The van der Waals surface area contributed by atoms with Crippen LogP contribution >= 0.6 is 0 Å². The van der Waals surface area contributed by atoms with Gasteiger partial charge in [-0.3, -0.25) is 0 Å². The molecule has 32 valence electrons. The fourth-order valence-electron chi connectivity index (χ4n) is 0.118. The third-order valence-electron chi connectivity index (χ3n) is 0.236. The van der Waals surface area contributed by atoms with Crippen LogP contribution in [-0.2, 0) is 8.85 Å². The van der Waals surface area contributed by atoms with Crippen molar-refractivity contribution in [3.63, 3.8) is 0 Å². The number of hydrogen-bond donors (Lipinski definition) is 0. The molecule has 0 N–H and O–H groups in total. The first-order valence-corrected chi connectivity index (χ1v) is 3.03. The third-order valence-corrected chi connectivity index (χ3v) is 0.707. The van der Waals surface area contributed by atoms with Crippen molar-refractivity contribution < 1.29 is 8.85 Å². The van der Waals surface area contributed by atoms with Crippen LogP contribution < -0.4 is 0 Å². The van der Waals surface area contributed by atoms with E-state index in [9.17, 15) is 0 Å². The summed E-state index contributed by atoms with van der Waals surface area (Å²) in [6, 6.07) is 0. The van der Waals surface area contributed by atoms with Crippen molar-refractivity contribution in [2.45, 2.75) is 0 Å². The van der Waals surface area contributed by atoms with E-state index in [1.807, 2.05) is 0 Å². The Balaban J connectivity index is 2.19. The lowest BCUT2D eigenvalue weighted by Gasteiger charge is -1.89. The van der Waals surface area contributed by atoms with Crippen LogP contribution in [0.1, 0.15) is 0 Å². The Morgan fingerprint density at radius 3 is 1.60 bits per heavy atom. The third kappa shape index (κ3) is 4.35. The van der Waals surface area contributed by atoms with Crippen molar-refractivity contribution in [3.05, 3.63) is 0 Å². The highest BCUT2D eigenvalue weighted by Crippen LogP contribution is 1.57. The normalized spacial score (nSPS) is 9.60. The van der Waals surface area contributed by atoms with Crippen molar-refractivity contribution in [2.75, 3.05) is 6.79 Å². The summed E-state index contributed by atoms with van der Waals surface area (Å²) in [6.07, 6.45) is 0. The zero-order chi connectivity index (χ0) is 4.12. The van der Waals surface area contributed by atoms with E-state index in [0.29, 0.717) is 6.79 Å². The maximum Gasteiger partial charge on any atom is 0.149 e. The molecule has 0 aromatic rings. The summed E-state index contributed by atoms with van der Waals surface area (Å²) < 4.78 is 9.28. The lowest BCUT2D eigenvalue weighted by molar-refractivity contribution is 0.142. The van der Waals surface area contributed by atoms with E-state index >= 15 is 0 Å². The number of hydrogen-bond acceptors (Lipinski definition) is 2. The van der Waals surface area contributed by atoms with Crippen molar-refractivity contribution in [1.82, 2.24) is 0 Å². The van der Waals surface area contributed by atoms with E-state index in [-0.39, 0.29) is 0 Å². The second kappa shape index (κ2) is 4.35. The molecular formula is CH8O2Si2. The molecule has 0 radical (unpaired) electrons. The maximum absolute atomic E-state index is 4.64. The highest BCUT2D eigenvalue weighted by Gasteiger charge is 1.62. The molecule has 0 bridgehead atoms. The SMILES string of the molecule is [SiH3]OCO[SiH3]. The van der Waals surface area contributed by atoms with Crippen LogP contribution in [0.3, 0.4) is 0 Å². The second-order valence-electron chi connectivity index (χ2n) is 0.695. The lowest BCUT2D eigenvalue weighted by atomic mass is 11.6.